The van der Waals surface area contributed by atoms with E-state index >= 15 is 0 Å². The Morgan fingerprint density at radius 3 is 2.10 bits per heavy atom. The van der Waals surface area contributed by atoms with Crippen molar-refractivity contribution >= 4 is 5.91 Å². The highest BCUT2D eigenvalue weighted by molar-refractivity contribution is 5.80. The van der Waals surface area contributed by atoms with Gasteiger partial charge in [0, 0.05) is 6.04 Å². The highest BCUT2D eigenvalue weighted by Gasteiger charge is 2.51. The summed E-state index contributed by atoms with van der Waals surface area (Å²) in [5.74, 6) is -0.805. The third kappa shape index (κ3) is 7.39. The van der Waals surface area contributed by atoms with Gasteiger partial charge in [-0.2, -0.15) is 0 Å². The zero-order valence-corrected chi connectivity index (χ0v) is 21.4. The Kier molecular flexibility index (Phi) is 11.8. The van der Waals surface area contributed by atoms with Gasteiger partial charge in [-0.15, -0.1) is 0 Å². The first-order valence-electron chi connectivity index (χ1n) is 12.9. The molecular weight excluding hydrogens is 526 g/mol. The maximum atomic E-state index is 12.6. The second-order valence-corrected chi connectivity index (χ2v) is 10.3. The number of hydrogen-bond donors (Lipinski definition) is 12. The van der Waals surface area contributed by atoms with Crippen LogP contribution in [-0.4, -0.2) is 153 Å². The minimum Gasteiger partial charge on any atom is -0.394 e. The predicted molar refractivity (Wildman–Crippen MR) is 130 cm³/mol. The second kappa shape index (κ2) is 14.2. The molecule has 2 saturated heterocycles. The van der Waals surface area contributed by atoms with Crippen molar-refractivity contribution in [3.05, 3.63) is 0 Å². The molecule has 39 heavy (non-hydrogen) atoms. The van der Waals surface area contributed by atoms with Gasteiger partial charge in [0.15, 0.2) is 12.6 Å². The molecular formula is C22H43N5O12. The van der Waals surface area contributed by atoms with Crippen molar-refractivity contribution < 1.29 is 59.5 Å². The zero-order valence-electron chi connectivity index (χ0n) is 21.4. The SMILES string of the molecule is NCCC(O)C(=O)NC1CC(N)C(OC2OC(CO)C(O)CC2N)C(O)C1OC1OC(CO)C(O)C(N)C1O. The first-order valence-corrected chi connectivity index (χ1v) is 12.9. The van der Waals surface area contributed by atoms with Crippen LogP contribution in [0.2, 0.25) is 0 Å². The van der Waals surface area contributed by atoms with Gasteiger partial charge < -0.3 is 82.9 Å². The lowest BCUT2D eigenvalue weighted by molar-refractivity contribution is -0.316. The van der Waals surface area contributed by atoms with E-state index in [1.807, 2.05) is 0 Å². The normalized spacial score (nSPS) is 46.0. The van der Waals surface area contributed by atoms with Gasteiger partial charge >= 0.3 is 0 Å². The van der Waals surface area contributed by atoms with E-state index in [1.54, 1.807) is 0 Å². The van der Waals surface area contributed by atoms with Gasteiger partial charge in [0.25, 0.3) is 0 Å². The molecule has 3 fully saturated rings. The van der Waals surface area contributed by atoms with E-state index in [4.69, 9.17) is 41.9 Å². The fourth-order valence-corrected chi connectivity index (χ4v) is 5.05. The van der Waals surface area contributed by atoms with E-state index in [-0.39, 0.29) is 25.8 Å². The molecule has 0 spiro atoms. The first-order chi connectivity index (χ1) is 18.4. The van der Waals surface area contributed by atoms with Crippen LogP contribution in [0.3, 0.4) is 0 Å². The third-order valence-electron chi connectivity index (χ3n) is 7.39. The minimum atomic E-state index is -1.60. The maximum absolute atomic E-state index is 12.6. The maximum Gasteiger partial charge on any atom is 0.249 e. The van der Waals surface area contributed by atoms with Gasteiger partial charge in [0.2, 0.25) is 5.91 Å². The average molecular weight is 570 g/mol. The first kappa shape index (κ1) is 32.4. The Hall–Kier alpha value is -1.13. The number of hydrogen-bond acceptors (Lipinski definition) is 16. The van der Waals surface area contributed by atoms with E-state index in [0.29, 0.717) is 0 Å². The third-order valence-corrected chi connectivity index (χ3v) is 7.39. The van der Waals surface area contributed by atoms with Crippen molar-refractivity contribution in [2.45, 2.75) is 111 Å². The Morgan fingerprint density at radius 2 is 1.49 bits per heavy atom. The van der Waals surface area contributed by atoms with Gasteiger partial charge in [0.05, 0.1) is 37.4 Å². The molecule has 228 valence electrons. The number of carbonyl (C=O) groups excluding carboxylic acids is 1. The Bertz CT molecular complexity index is 786. The van der Waals surface area contributed by atoms with Gasteiger partial charge in [-0.3, -0.25) is 4.79 Å². The quantitative estimate of drug-likeness (QED) is 0.116. The summed E-state index contributed by atoms with van der Waals surface area (Å²) < 4.78 is 22.8. The molecule has 1 aliphatic carbocycles. The number of rotatable bonds is 10. The van der Waals surface area contributed by atoms with Crippen LogP contribution in [0.15, 0.2) is 0 Å². The number of nitrogens with one attached hydrogen (secondary N) is 1. The van der Waals surface area contributed by atoms with Crippen LogP contribution >= 0.6 is 0 Å². The monoisotopic (exact) mass is 569 g/mol. The molecule has 2 heterocycles. The van der Waals surface area contributed by atoms with Crippen molar-refractivity contribution in [3.8, 4) is 0 Å². The van der Waals surface area contributed by atoms with Crippen LogP contribution in [0, 0.1) is 0 Å². The largest absolute Gasteiger partial charge is 0.394 e. The van der Waals surface area contributed by atoms with E-state index in [9.17, 15) is 40.5 Å². The standard InChI is InChI=1S/C22H43N5O12/c23-2-1-10(30)20(35)27-9-3-7(24)18(38-21-8(25)4-11(31)12(5-28)36-21)17(34)19(9)39-22-16(33)14(26)15(32)13(6-29)37-22/h7-19,21-22,28-34H,1-6,23-26H2,(H,27,35). The lowest BCUT2D eigenvalue weighted by atomic mass is 9.83. The summed E-state index contributed by atoms with van der Waals surface area (Å²) in [6.07, 6.45) is -14.6. The molecule has 0 aromatic rings. The fraction of sp³-hybridized carbons (Fsp3) is 0.955. The molecule has 1 saturated carbocycles. The lowest BCUT2D eigenvalue weighted by Gasteiger charge is -2.48. The van der Waals surface area contributed by atoms with E-state index < -0.39 is 111 Å². The van der Waals surface area contributed by atoms with Crippen LogP contribution in [-0.2, 0) is 23.7 Å². The Balaban J connectivity index is 1.83. The van der Waals surface area contributed by atoms with Crippen LogP contribution in [0.1, 0.15) is 19.3 Å². The number of aliphatic hydroxyl groups excluding tert-OH is 7. The Morgan fingerprint density at radius 1 is 0.872 bits per heavy atom. The fourth-order valence-electron chi connectivity index (χ4n) is 5.05. The number of amides is 1. The topological polar surface area (TPSA) is 312 Å². The number of ether oxygens (including phenoxy) is 4. The predicted octanol–water partition coefficient (Wildman–Crippen LogP) is -7.40. The summed E-state index contributed by atoms with van der Waals surface area (Å²) in [5, 5.41) is 73.8. The summed E-state index contributed by atoms with van der Waals surface area (Å²) in [7, 11) is 0. The molecule has 17 nitrogen and oxygen atoms in total. The summed E-state index contributed by atoms with van der Waals surface area (Å²) in [6.45, 7) is -1.12. The van der Waals surface area contributed by atoms with Crippen molar-refractivity contribution in [2.24, 2.45) is 22.9 Å². The van der Waals surface area contributed by atoms with Crippen molar-refractivity contribution in [2.75, 3.05) is 19.8 Å². The molecule has 2 aliphatic heterocycles. The molecule has 0 radical (unpaired) electrons. The van der Waals surface area contributed by atoms with Crippen molar-refractivity contribution in [1.29, 1.82) is 0 Å². The van der Waals surface area contributed by atoms with Gasteiger partial charge in [0.1, 0.15) is 48.8 Å². The molecule has 17 heteroatoms. The number of aliphatic hydroxyl groups is 7. The van der Waals surface area contributed by atoms with Gasteiger partial charge in [-0.1, -0.05) is 0 Å². The minimum absolute atomic E-state index is 0.0332. The van der Waals surface area contributed by atoms with Crippen LogP contribution < -0.4 is 28.3 Å². The van der Waals surface area contributed by atoms with Crippen molar-refractivity contribution in [1.82, 2.24) is 5.32 Å². The molecule has 0 aromatic carbocycles. The highest BCUT2D eigenvalue weighted by atomic mass is 16.7. The molecule has 16 N–H and O–H groups in total. The van der Waals surface area contributed by atoms with E-state index in [2.05, 4.69) is 5.32 Å². The number of carbonyl (C=O) groups is 1. The second-order valence-electron chi connectivity index (χ2n) is 10.3. The summed E-state index contributed by atoms with van der Waals surface area (Å²) in [6, 6.07) is -4.07. The molecule has 0 bridgehead atoms. The van der Waals surface area contributed by atoms with Crippen LogP contribution in [0.5, 0.6) is 0 Å². The molecule has 3 aliphatic rings. The molecule has 1 amide bonds. The highest BCUT2D eigenvalue weighted by Crippen LogP contribution is 2.31. The van der Waals surface area contributed by atoms with Crippen molar-refractivity contribution in [3.63, 3.8) is 0 Å². The smallest absolute Gasteiger partial charge is 0.249 e. The van der Waals surface area contributed by atoms with E-state index in [0.717, 1.165) is 0 Å². The summed E-state index contributed by atoms with van der Waals surface area (Å²) in [4.78, 5) is 12.6. The van der Waals surface area contributed by atoms with Gasteiger partial charge in [-0.05, 0) is 25.8 Å². The molecule has 15 atom stereocenters. The average Bonchev–Trinajstić information content (AvgIpc) is 2.89. The van der Waals surface area contributed by atoms with Crippen LogP contribution in [0.4, 0.5) is 0 Å². The van der Waals surface area contributed by atoms with E-state index in [1.165, 1.54) is 0 Å². The number of nitrogens with two attached hydrogens (primary N) is 4. The molecule has 0 aromatic heterocycles. The van der Waals surface area contributed by atoms with Crippen LogP contribution in [0.25, 0.3) is 0 Å². The summed E-state index contributed by atoms with van der Waals surface area (Å²) >= 11 is 0. The lowest BCUT2D eigenvalue weighted by Crippen LogP contribution is -2.69. The molecule has 15 unspecified atom stereocenters. The Labute approximate surface area is 224 Å². The zero-order chi connectivity index (χ0) is 29.0. The van der Waals surface area contributed by atoms with Gasteiger partial charge in [-0.25, -0.2) is 0 Å². The molecule has 3 rings (SSSR count). The summed E-state index contributed by atoms with van der Waals surface area (Å²) in [5.41, 5.74) is 23.6.